The third-order valence-corrected chi connectivity index (χ3v) is 6.46. The molecule has 0 spiro atoms. The van der Waals surface area contributed by atoms with Crippen LogP contribution in [-0.2, 0) is 9.59 Å². The summed E-state index contributed by atoms with van der Waals surface area (Å²) in [4.78, 5) is 49.3. The average molecular weight is 463 g/mol. The zero-order chi connectivity index (χ0) is 23.2. The number of imide groups is 1. The van der Waals surface area contributed by atoms with Gasteiger partial charge in [-0.15, -0.1) is 0 Å². The van der Waals surface area contributed by atoms with Crippen molar-refractivity contribution in [3.63, 3.8) is 0 Å². The number of carbonyl (C=O) groups is 3. The van der Waals surface area contributed by atoms with Gasteiger partial charge in [0.2, 0.25) is 5.91 Å². The van der Waals surface area contributed by atoms with Gasteiger partial charge >= 0.3 is 0 Å². The number of hydrogen-bond donors (Lipinski definition) is 1. The maximum Gasteiger partial charge on any atom is 0.293 e. The van der Waals surface area contributed by atoms with E-state index in [0.29, 0.717) is 36.4 Å². The molecule has 0 aromatic carbocycles. The lowest BCUT2D eigenvalue weighted by Gasteiger charge is -2.32. The Kier molecular flexibility index (Phi) is 7.00. The Balaban J connectivity index is 1.23. The fraction of sp³-hybridized carbons (Fsp3) is 0.304. The molecule has 1 N–H and O–H groups in total. The predicted octanol–water partition coefficient (Wildman–Crippen LogP) is 2.42. The molecule has 3 amide bonds. The van der Waals surface area contributed by atoms with E-state index in [1.54, 1.807) is 36.8 Å². The van der Waals surface area contributed by atoms with Crippen molar-refractivity contribution in [3.8, 4) is 6.07 Å². The molecule has 2 saturated heterocycles. The van der Waals surface area contributed by atoms with Crippen molar-refractivity contribution in [2.75, 3.05) is 31.1 Å². The van der Waals surface area contributed by atoms with Crippen molar-refractivity contribution >= 4 is 40.7 Å². The number of aromatic nitrogens is 2. The Morgan fingerprint density at radius 3 is 2.73 bits per heavy atom. The molecule has 33 heavy (non-hydrogen) atoms. The van der Waals surface area contributed by atoms with E-state index in [4.69, 9.17) is 5.26 Å². The molecule has 0 unspecified atom stereocenters. The van der Waals surface area contributed by atoms with E-state index < -0.39 is 0 Å². The molecule has 0 saturated carbocycles. The third kappa shape index (κ3) is 5.38. The second-order valence-corrected chi connectivity index (χ2v) is 8.68. The van der Waals surface area contributed by atoms with Crippen LogP contribution in [0.1, 0.15) is 24.0 Å². The van der Waals surface area contributed by atoms with E-state index in [0.717, 1.165) is 28.0 Å². The number of nitriles is 1. The Morgan fingerprint density at radius 2 is 2.06 bits per heavy atom. The quantitative estimate of drug-likeness (QED) is 0.650. The van der Waals surface area contributed by atoms with E-state index in [9.17, 15) is 14.4 Å². The van der Waals surface area contributed by atoms with Crippen molar-refractivity contribution in [2.45, 2.75) is 12.8 Å². The second-order valence-electron chi connectivity index (χ2n) is 7.69. The minimum atomic E-state index is -0.355. The lowest BCUT2D eigenvalue weighted by Crippen LogP contribution is -2.43. The normalized spacial score (nSPS) is 18.0. The van der Waals surface area contributed by atoms with Gasteiger partial charge in [-0.3, -0.25) is 24.3 Å². The van der Waals surface area contributed by atoms with Crippen molar-refractivity contribution < 1.29 is 14.4 Å². The lowest BCUT2D eigenvalue weighted by atomic mass is 9.96. The number of nitrogens with one attached hydrogen (secondary N) is 1. The summed E-state index contributed by atoms with van der Waals surface area (Å²) >= 11 is 0.893. The fourth-order valence-electron chi connectivity index (χ4n) is 3.75. The lowest BCUT2D eigenvalue weighted by molar-refractivity contribution is -0.126. The van der Waals surface area contributed by atoms with Gasteiger partial charge in [-0.1, -0.05) is 6.07 Å². The van der Waals surface area contributed by atoms with Gasteiger partial charge in [0.25, 0.3) is 11.1 Å². The highest BCUT2D eigenvalue weighted by Crippen LogP contribution is 2.31. The number of anilines is 1. The topological polar surface area (TPSA) is 119 Å². The number of hydrogen-bond acceptors (Lipinski definition) is 8. The predicted molar refractivity (Wildman–Crippen MR) is 124 cm³/mol. The van der Waals surface area contributed by atoms with Crippen LogP contribution in [0.3, 0.4) is 0 Å². The molecule has 4 heterocycles. The average Bonchev–Trinajstić information content (AvgIpc) is 3.12. The molecule has 2 aliphatic heterocycles. The molecule has 9 nitrogen and oxygen atoms in total. The Bertz CT molecular complexity index is 1110. The van der Waals surface area contributed by atoms with E-state index in [2.05, 4.69) is 26.3 Å². The summed E-state index contributed by atoms with van der Waals surface area (Å²) in [5.74, 6) is 0.248. The Labute approximate surface area is 195 Å². The van der Waals surface area contributed by atoms with Crippen LogP contribution in [0.15, 0.2) is 47.8 Å². The van der Waals surface area contributed by atoms with Crippen LogP contribution in [0.5, 0.6) is 0 Å². The summed E-state index contributed by atoms with van der Waals surface area (Å²) in [7, 11) is 0. The van der Waals surface area contributed by atoms with Crippen molar-refractivity contribution in [3.05, 3.63) is 58.9 Å². The summed E-state index contributed by atoms with van der Waals surface area (Å²) in [5, 5.41) is 11.4. The Hall–Kier alpha value is -3.71. The van der Waals surface area contributed by atoms with Crippen molar-refractivity contribution in [1.29, 1.82) is 5.26 Å². The first-order valence-electron chi connectivity index (χ1n) is 10.6. The van der Waals surface area contributed by atoms with E-state index in [1.807, 2.05) is 12.1 Å². The van der Waals surface area contributed by atoms with Crippen LogP contribution in [0, 0.1) is 17.2 Å². The van der Waals surface area contributed by atoms with Gasteiger partial charge in [0.1, 0.15) is 11.9 Å². The Morgan fingerprint density at radius 1 is 1.24 bits per heavy atom. The van der Waals surface area contributed by atoms with Gasteiger partial charge in [-0.25, -0.2) is 4.98 Å². The van der Waals surface area contributed by atoms with E-state index in [-0.39, 0.29) is 36.1 Å². The number of amides is 3. The van der Waals surface area contributed by atoms with E-state index >= 15 is 0 Å². The van der Waals surface area contributed by atoms with Crippen LogP contribution in [0.25, 0.3) is 6.08 Å². The highest BCUT2D eigenvalue weighted by atomic mass is 32.2. The van der Waals surface area contributed by atoms with Gasteiger partial charge in [0.05, 0.1) is 10.5 Å². The summed E-state index contributed by atoms with van der Waals surface area (Å²) in [6, 6.07) is 9.17. The molecular weight excluding hydrogens is 440 g/mol. The number of carbonyl (C=O) groups excluding carboxylic acids is 3. The van der Waals surface area contributed by atoms with Crippen LogP contribution in [0.4, 0.5) is 10.6 Å². The first-order valence-corrected chi connectivity index (χ1v) is 11.4. The van der Waals surface area contributed by atoms with Gasteiger partial charge in [-0.2, -0.15) is 5.26 Å². The molecule has 0 bridgehead atoms. The number of nitrogens with zero attached hydrogens (tertiary/aromatic N) is 5. The zero-order valence-corrected chi connectivity index (χ0v) is 18.6. The maximum atomic E-state index is 12.6. The molecule has 2 aromatic heterocycles. The smallest absolute Gasteiger partial charge is 0.293 e. The summed E-state index contributed by atoms with van der Waals surface area (Å²) in [6.07, 6.45) is 7.82. The molecule has 4 rings (SSSR count). The van der Waals surface area contributed by atoms with Crippen molar-refractivity contribution in [2.24, 2.45) is 5.92 Å². The number of piperidine rings is 1. The molecular formula is C23H22N6O3S. The van der Waals surface area contributed by atoms with Crippen LogP contribution >= 0.6 is 11.8 Å². The number of rotatable bonds is 6. The molecule has 2 fully saturated rings. The van der Waals surface area contributed by atoms with Crippen LogP contribution in [0.2, 0.25) is 0 Å². The zero-order valence-electron chi connectivity index (χ0n) is 17.8. The van der Waals surface area contributed by atoms with Crippen LogP contribution < -0.4 is 10.2 Å². The highest BCUT2D eigenvalue weighted by Gasteiger charge is 2.35. The summed E-state index contributed by atoms with van der Waals surface area (Å²) < 4.78 is 0. The van der Waals surface area contributed by atoms with Crippen molar-refractivity contribution in [1.82, 2.24) is 20.2 Å². The molecule has 2 aliphatic rings. The van der Waals surface area contributed by atoms with E-state index in [1.165, 1.54) is 0 Å². The minimum absolute atomic E-state index is 0.0692. The monoisotopic (exact) mass is 462 g/mol. The maximum absolute atomic E-state index is 12.6. The number of pyridine rings is 2. The molecule has 10 heteroatoms. The molecule has 0 aliphatic carbocycles. The van der Waals surface area contributed by atoms with Crippen LogP contribution in [-0.4, -0.2) is 58.1 Å². The van der Waals surface area contributed by atoms with Gasteiger partial charge < -0.3 is 10.2 Å². The molecule has 0 radical (unpaired) electrons. The molecule has 168 valence electrons. The number of thioether (sulfide) groups is 1. The first kappa shape index (κ1) is 22.5. The second kappa shape index (κ2) is 10.3. The SMILES string of the molecule is N#Cc1ccc(N2CCC(C(=O)NCCN3C(=O)S/C(=C\c4cccnc4)C3=O)CC2)nc1. The third-order valence-electron chi connectivity index (χ3n) is 5.56. The minimum Gasteiger partial charge on any atom is -0.357 e. The van der Waals surface area contributed by atoms with Gasteiger partial charge in [0, 0.05) is 50.7 Å². The molecule has 0 atom stereocenters. The van der Waals surface area contributed by atoms with Gasteiger partial charge in [-0.05, 0) is 54.4 Å². The summed E-state index contributed by atoms with van der Waals surface area (Å²) in [6.45, 7) is 1.74. The highest BCUT2D eigenvalue weighted by molar-refractivity contribution is 8.18. The summed E-state index contributed by atoms with van der Waals surface area (Å²) in [5.41, 5.74) is 1.26. The standard InChI is InChI=1S/C23H22N6O3S/c24-13-17-3-4-20(27-15-17)28-9-5-18(6-10-28)21(30)26-8-11-29-22(31)19(33-23(29)32)12-16-2-1-7-25-14-16/h1-4,7,12,14-15,18H,5-6,8-11H2,(H,26,30)/b19-12-. The first-order chi connectivity index (χ1) is 16.0. The largest absolute Gasteiger partial charge is 0.357 e. The van der Waals surface area contributed by atoms with Gasteiger partial charge in [0.15, 0.2) is 0 Å². The fourth-order valence-corrected chi connectivity index (χ4v) is 4.62. The molecule has 2 aromatic rings.